The fraction of sp³-hybridized carbons (Fsp3) is 0.0800. The van der Waals surface area contributed by atoms with Gasteiger partial charge in [-0.2, -0.15) is 0 Å². The van der Waals surface area contributed by atoms with E-state index in [4.69, 9.17) is 9.84 Å². The second-order valence-corrected chi connectivity index (χ2v) is 7.33. The first-order valence-corrected chi connectivity index (χ1v) is 10.0. The van der Waals surface area contributed by atoms with Crippen LogP contribution < -0.4 is 10.1 Å². The minimum atomic E-state index is -1.00. The predicted octanol–water partition coefficient (Wildman–Crippen LogP) is 4.20. The average Bonchev–Trinajstić information content (AvgIpc) is 3.07. The third-order valence-electron chi connectivity index (χ3n) is 5.02. The number of urea groups is 1. The molecule has 0 aliphatic carbocycles. The highest BCUT2D eigenvalue weighted by molar-refractivity contribution is 6.13. The molecule has 1 fully saturated rings. The van der Waals surface area contributed by atoms with Gasteiger partial charge in [0, 0.05) is 5.56 Å². The monoisotopic (exact) mass is 446 g/mol. The second-order valence-electron chi connectivity index (χ2n) is 7.33. The Hall–Kier alpha value is -4.46. The van der Waals surface area contributed by atoms with Crippen molar-refractivity contribution in [3.63, 3.8) is 0 Å². The second kappa shape index (κ2) is 9.35. The fourth-order valence-corrected chi connectivity index (χ4v) is 3.30. The summed E-state index contributed by atoms with van der Waals surface area (Å²) in [6.45, 7) is 0.0334. The summed E-state index contributed by atoms with van der Waals surface area (Å²) >= 11 is 0. The zero-order valence-electron chi connectivity index (χ0n) is 17.3. The molecule has 3 aromatic carbocycles. The maximum atomic E-state index is 13.9. The molecule has 1 saturated heterocycles. The van der Waals surface area contributed by atoms with Gasteiger partial charge in [0.15, 0.2) is 0 Å². The molecule has 166 valence electrons. The van der Waals surface area contributed by atoms with Crippen molar-refractivity contribution in [3.05, 3.63) is 107 Å². The zero-order valence-corrected chi connectivity index (χ0v) is 17.3. The van der Waals surface area contributed by atoms with Crippen LogP contribution in [0.15, 0.2) is 78.5 Å². The summed E-state index contributed by atoms with van der Waals surface area (Å²) in [7, 11) is 0. The number of carbonyl (C=O) groups excluding carboxylic acids is 2. The Labute approximate surface area is 188 Å². The molecule has 0 bridgehead atoms. The van der Waals surface area contributed by atoms with Gasteiger partial charge in [0.05, 0.1) is 12.1 Å². The number of amides is 3. The van der Waals surface area contributed by atoms with Crippen LogP contribution in [0.3, 0.4) is 0 Å². The van der Waals surface area contributed by atoms with E-state index in [2.05, 4.69) is 5.32 Å². The van der Waals surface area contributed by atoms with Crippen molar-refractivity contribution in [2.24, 2.45) is 0 Å². The maximum absolute atomic E-state index is 13.9. The molecule has 2 N–H and O–H groups in total. The Morgan fingerprint density at radius 2 is 1.79 bits per heavy atom. The standard InChI is InChI=1S/C25H19FN2O5/c26-21-7-2-1-5-19(21)14-28-23(29)22(27-25(28)32)13-16-8-10-20(11-9-16)33-15-17-4-3-6-18(12-17)24(30)31/h1-13H,14-15H2,(H,27,32)(H,30,31)/b22-13+. The van der Waals surface area contributed by atoms with Gasteiger partial charge in [-0.25, -0.2) is 14.0 Å². The highest BCUT2D eigenvalue weighted by atomic mass is 19.1. The molecule has 0 unspecified atom stereocenters. The van der Waals surface area contributed by atoms with Crippen LogP contribution in [0.25, 0.3) is 6.08 Å². The van der Waals surface area contributed by atoms with Gasteiger partial charge in [-0.1, -0.05) is 42.5 Å². The van der Waals surface area contributed by atoms with Crippen molar-refractivity contribution in [2.75, 3.05) is 0 Å². The highest BCUT2D eigenvalue weighted by Crippen LogP contribution is 2.20. The molecule has 3 aromatic rings. The van der Waals surface area contributed by atoms with Gasteiger partial charge in [0.1, 0.15) is 23.9 Å². The number of hydrogen-bond acceptors (Lipinski definition) is 4. The molecule has 1 aliphatic rings. The Balaban J connectivity index is 1.41. The Morgan fingerprint density at radius 1 is 1.03 bits per heavy atom. The molecule has 1 heterocycles. The number of benzene rings is 3. The van der Waals surface area contributed by atoms with Crippen LogP contribution in [-0.2, 0) is 17.9 Å². The molecule has 1 aliphatic heterocycles. The normalized spacial score (nSPS) is 14.5. The first-order chi connectivity index (χ1) is 15.9. The van der Waals surface area contributed by atoms with Crippen molar-refractivity contribution in [1.82, 2.24) is 10.2 Å². The first kappa shape index (κ1) is 21.8. The van der Waals surface area contributed by atoms with Crippen LogP contribution in [0.1, 0.15) is 27.0 Å². The molecule has 0 atom stereocenters. The summed E-state index contributed by atoms with van der Waals surface area (Å²) in [5.41, 5.74) is 1.90. The van der Waals surface area contributed by atoms with E-state index >= 15 is 0 Å². The lowest BCUT2D eigenvalue weighted by atomic mass is 10.1. The topological polar surface area (TPSA) is 95.9 Å². The van der Waals surface area contributed by atoms with Crippen molar-refractivity contribution in [1.29, 1.82) is 0 Å². The Morgan fingerprint density at radius 3 is 2.52 bits per heavy atom. The van der Waals surface area contributed by atoms with Crippen LogP contribution in [0.2, 0.25) is 0 Å². The molecule has 0 aromatic heterocycles. The smallest absolute Gasteiger partial charge is 0.335 e. The lowest BCUT2D eigenvalue weighted by Gasteiger charge is -2.12. The number of halogens is 1. The lowest BCUT2D eigenvalue weighted by Crippen LogP contribution is -2.30. The third-order valence-corrected chi connectivity index (χ3v) is 5.02. The summed E-state index contributed by atoms with van der Waals surface area (Å²) in [5, 5.41) is 11.6. The Bertz CT molecular complexity index is 1250. The van der Waals surface area contributed by atoms with Crippen molar-refractivity contribution in [2.45, 2.75) is 13.2 Å². The molecular weight excluding hydrogens is 427 g/mol. The number of hydrogen-bond donors (Lipinski definition) is 2. The third kappa shape index (κ3) is 5.07. The van der Waals surface area contributed by atoms with Crippen molar-refractivity contribution >= 4 is 24.0 Å². The lowest BCUT2D eigenvalue weighted by molar-refractivity contribution is -0.123. The quantitative estimate of drug-likeness (QED) is 0.419. The molecular formula is C25H19FN2O5. The van der Waals surface area contributed by atoms with E-state index < -0.39 is 23.7 Å². The van der Waals surface area contributed by atoms with Crippen LogP contribution in [-0.4, -0.2) is 27.9 Å². The van der Waals surface area contributed by atoms with Gasteiger partial charge in [-0.15, -0.1) is 0 Å². The van der Waals surface area contributed by atoms with Gasteiger partial charge < -0.3 is 15.2 Å². The van der Waals surface area contributed by atoms with Gasteiger partial charge in [0.2, 0.25) is 0 Å². The molecule has 4 rings (SSSR count). The number of carboxylic acid groups (broad SMARTS) is 1. The zero-order chi connectivity index (χ0) is 23.4. The van der Waals surface area contributed by atoms with Crippen LogP contribution in [0.4, 0.5) is 9.18 Å². The van der Waals surface area contributed by atoms with E-state index in [1.807, 2.05) is 0 Å². The number of carboxylic acids is 1. The highest BCUT2D eigenvalue weighted by Gasteiger charge is 2.33. The first-order valence-electron chi connectivity index (χ1n) is 10.0. The number of imide groups is 1. The molecule has 8 heteroatoms. The summed E-state index contributed by atoms with van der Waals surface area (Å²) in [6.07, 6.45) is 1.53. The van der Waals surface area contributed by atoms with Crippen LogP contribution in [0.5, 0.6) is 5.75 Å². The van der Waals surface area contributed by atoms with Gasteiger partial charge in [-0.05, 0) is 47.5 Å². The van der Waals surface area contributed by atoms with Crippen molar-refractivity contribution < 1.29 is 28.6 Å². The largest absolute Gasteiger partial charge is 0.489 e. The van der Waals surface area contributed by atoms with Crippen LogP contribution >= 0.6 is 0 Å². The fourth-order valence-electron chi connectivity index (χ4n) is 3.30. The summed E-state index contributed by atoms with van der Waals surface area (Å²) in [4.78, 5) is 36.9. The molecule has 0 radical (unpaired) electrons. The maximum Gasteiger partial charge on any atom is 0.335 e. The summed E-state index contributed by atoms with van der Waals surface area (Å²) in [5.74, 6) is -1.47. The molecule has 33 heavy (non-hydrogen) atoms. The van der Waals surface area contributed by atoms with Gasteiger partial charge in [-0.3, -0.25) is 9.69 Å². The number of ether oxygens (including phenoxy) is 1. The van der Waals surface area contributed by atoms with E-state index in [1.165, 1.54) is 30.3 Å². The van der Waals surface area contributed by atoms with E-state index in [9.17, 15) is 18.8 Å². The minimum Gasteiger partial charge on any atom is -0.489 e. The minimum absolute atomic E-state index is 0.0930. The summed E-state index contributed by atoms with van der Waals surface area (Å²) < 4.78 is 19.6. The number of rotatable bonds is 7. The number of aromatic carboxylic acids is 1. The number of nitrogens with zero attached hydrogens (tertiary/aromatic N) is 1. The molecule has 7 nitrogen and oxygen atoms in total. The molecule has 0 saturated carbocycles. The SMILES string of the molecule is O=C(O)c1cccc(COc2ccc(/C=C3/NC(=O)N(Cc4ccccc4F)C3=O)cc2)c1. The predicted molar refractivity (Wildman–Crippen MR) is 118 cm³/mol. The van der Waals surface area contributed by atoms with E-state index in [0.717, 1.165) is 10.5 Å². The van der Waals surface area contributed by atoms with Gasteiger partial charge >= 0.3 is 12.0 Å². The van der Waals surface area contributed by atoms with Crippen molar-refractivity contribution in [3.8, 4) is 5.75 Å². The Kier molecular flexibility index (Phi) is 6.17. The van der Waals surface area contributed by atoms with E-state index in [-0.39, 0.29) is 30.0 Å². The number of nitrogens with one attached hydrogen (secondary N) is 1. The van der Waals surface area contributed by atoms with Gasteiger partial charge in [0.25, 0.3) is 5.91 Å². The molecule has 0 spiro atoms. The van der Waals surface area contributed by atoms with E-state index in [1.54, 1.807) is 48.5 Å². The average molecular weight is 446 g/mol. The molecule has 3 amide bonds. The van der Waals surface area contributed by atoms with Crippen LogP contribution in [0, 0.1) is 5.82 Å². The van der Waals surface area contributed by atoms with E-state index in [0.29, 0.717) is 11.3 Å². The number of carbonyl (C=O) groups is 3. The summed E-state index contributed by atoms with van der Waals surface area (Å²) in [6, 6.07) is 18.7.